The Morgan fingerprint density at radius 2 is 2.40 bits per heavy atom. The van der Waals surface area contributed by atoms with Gasteiger partial charge in [-0.05, 0) is 26.0 Å². The van der Waals surface area contributed by atoms with Crippen LogP contribution in [-0.2, 0) is 6.54 Å². The van der Waals surface area contributed by atoms with Gasteiger partial charge >= 0.3 is 0 Å². The molecule has 0 saturated heterocycles. The van der Waals surface area contributed by atoms with Crippen LogP contribution in [-0.4, -0.2) is 4.98 Å². The summed E-state index contributed by atoms with van der Waals surface area (Å²) >= 11 is 1.82. The quantitative estimate of drug-likeness (QED) is 0.864. The Morgan fingerprint density at radius 1 is 1.53 bits per heavy atom. The molecule has 2 heterocycles. The highest BCUT2D eigenvalue weighted by Crippen LogP contribution is 2.22. The highest BCUT2D eigenvalue weighted by atomic mass is 32.1. The van der Waals surface area contributed by atoms with E-state index in [-0.39, 0.29) is 0 Å². The van der Waals surface area contributed by atoms with Crippen LogP contribution in [0.4, 0.5) is 0 Å². The second-order valence-electron chi connectivity index (χ2n) is 3.52. The minimum absolute atomic E-state index is 0.355. The highest BCUT2D eigenvalue weighted by molar-refractivity contribution is 7.12. The Hall–Kier alpha value is -1.13. The molecule has 0 fully saturated rings. The van der Waals surface area contributed by atoms with Crippen LogP contribution in [0.15, 0.2) is 29.1 Å². The van der Waals surface area contributed by atoms with Crippen molar-refractivity contribution in [2.75, 3.05) is 0 Å². The van der Waals surface area contributed by atoms with Crippen LogP contribution in [0.25, 0.3) is 0 Å². The molecule has 15 heavy (non-hydrogen) atoms. The van der Waals surface area contributed by atoms with E-state index in [9.17, 15) is 0 Å². The molecule has 1 atom stereocenters. The van der Waals surface area contributed by atoms with Crippen LogP contribution in [0.5, 0.6) is 0 Å². The summed E-state index contributed by atoms with van der Waals surface area (Å²) in [5.74, 6) is 0.870. The van der Waals surface area contributed by atoms with Gasteiger partial charge in [-0.3, -0.25) is 0 Å². The number of aryl methyl sites for hydroxylation is 1. The Kier molecular flexibility index (Phi) is 3.18. The maximum absolute atomic E-state index is 5.15. The van der Waals surface area contributed by atoms with Crippen LogP contribution < -0.4 is 5.32 Å². The molecule has 1 N–H and O–H groups in total. The molecule has 0 aliphatic rings. The molecule has 2 aromatic heterocycles. The van der Waals surface area contributed by atoms with E-state index in [0.29, 0.717) is 6.04 Å². The van der Waals surface area contributed by atoms with Crippen molar-refractivity contribution in [3.05, 3.63) is 40.2 Å². The number of aromatic nitrogens is 1. The monoisotopic (exact) mass is 222 g/mol. The lowest BCUT2D eigenvalue weighted by Gasteiger charge is -2.09. The normalized spacial score (nSPS) is 12.9. The van der Waals surface area contributed by atoms with E-state index in [2.05, 4.69) is 36.3 Å². The summed E-state index contributed by atoms with van der Waals surface area (Å²) in [4.78, 5) is 6.57. The molecule has 1 unspecified atom stereocenters. The Morgan fingerprint density at radius 3 is 3.00 bits per heavy atom. The average Bonchev–Trinajstić information content (AvgIpc) is 2.84. The molecule has 2 rings (SSSR count). The standard InChI is InChI=1S/C11H14N2OS/c1-8-3-4-11(15-8)9(2)13-6-10-5-12-7-14-10/h3-5,7,9,13H,6H2,1-2H3. The zero-order valence-electron chi connectivity index (χ0n) is 8.86. The first-order valence-corrected chi connectivity index (χ1v) is 5.74. The molecular weight excluding hydrogens is 208 g/mol. The van der Waals surface area contributed by atoms with Gasteiger partial charge in [0.1, 0.15) is 5.76 Å². The molecule has 0 bridgehead atoms. The molecule has 0 aliphatic heterocycles. The zero-order valence-corrected chi connectivity index (χ0v) is 9.67. The van der Waals surface area contributed by atoms with Crippen LogP contribution in [0.1, 0.15) is 28.5 Å². The van der Waals surface area contributed by atoms with Gasteiger partial charge in [-0.25, -0.2) is 4.98 Å². The van der Waals surface area contributed by atoms with Gasteiger partial charge in [-0.1, -0.05) is 0 Å². The maximum Gasteiger partial charge on any atom is 0.180 e. The molecule has 0 radical (unpaired) electrons. The number of nitrogens with one attached hydrogen (secondary N) is 1. The number of nitrogens with zero attached hydrogens (tertiary/aromatic N) is 1. The second-order valence-corrected chi connectivity index (χ2v) is 4.84. The summed E-state index contributed by atoms with van der Waals surface area (Å²) in [5.41, 5.74) is 0. The summed E-state index contributed by atoms with van der Waals surface area (Å²) in [5, 5.41) is 3.39. The summed E-state index contributed by atoms with van der Waals surface area (Å²) < 4.78 is 5.15. The van der Waals surface area contributed by atoms with Crippen molar-refractivity contribution in [2.24, 2.45) is 0 Å². The molecule has 0 aliphatic carbocycles. The predicted octanol–water partition coefficient (Wildman–Crippen LogP) is 2.90. The fourth-order valence-corrected chi connectivity index (χ4v) is 2.27. The van der Waals surface area contributed by atoms with Gasteiger partial charge in [0.05, 0.1) is 12.7 Å². The van der Waals surface area contributed by atoms with Crippen molar-refractivity contribution in [3.63, 3.8) is 0 Å². The van der Waals surface area contributed by atoms with Crippen molar-refractivity contribution >= 4 is 11.3 Å². The number of oxazole rings is 1. The van der Waals surface area contributed by atoms with Crippen molar-refractivity contribution in [3.8, 4) is 0 Å². The largest absolute Gasteiger partial charge is 0.447 e. The van der Waals surface area contributed by atoms with E-state index in [4.69, 9.17) is 4.42 Å². The van der Waals surface area contributed by atoms with E-state index < -0.39 is 0 Å². The van der Waals surface area contributed by atoms with Crippen molar-refractivity contribution < 1.29 is 4.42 Å². The minimum atomic E-state index is 0.355. The van der Waals surface area contributed by atoms with Gasteiger partial charge in [-0.15, -0.1) is 11.3 Å². The van der Waals surface area contributed by atoms with E-state index in [1.165, 1.54) is 16.1 Å². The van der Waals surface area contributed by atoms with Gasteiger partial charge in [0.15, 0.2) is 6.39 Å². The fraction of sp³-hybridized carbons (Fsp3) is 0.364. The van der Waals surface area contributed by atoms with Gasteiger partial charge in [0.25, 0.3) is 0 Å². The summed E-state index contributed by atoms with van der Waals surface area (Å²) in [6, 6.07) is 4.67. The van der Waals surface area contributed by atoms with Gasteiger partial charge in [0.2, 0.25) is 0 Å². The smallest absolute Gasteiger partial charge is 0.180 e. The topological polar surface area (TPSA) is 38.1 Å². The number of thiophene rings is 1. The molecule has 0 amide bonds. The highest BCUT2D eigenvalue weighted by Gasteiger charge is 2.07. The molecule has 2 aromatic rings. The molecule has 4 heteroatoms. The van der Waals surface area contributed by atoms with Gasteiger partial charge < -0.3 is 9.73 Å². The van der Waals surface area contributed by atoms with E-state index in [1.54, 1.807) is 6.20 Å². The van der Waals surface area contributed by atoms with Gasteiger partial charge in [0, 0.05) is 15.8 Å². The fourth-order valence-electron chi connectivity index (χ4n) is 1.37. The summed E-state index contributed by atoms with van der Waals surface area (Å²) in [6.07, 6.45) is 3.19. The van der Waals surface area contributed by atoms with Crippen molar-refractivity contribution in [1.82, 2.24) is 10.3 Å². The number of hydrogen-bond donors (Lipinski definition) is 1. The van der Waals surface area contributed by atoms with Crippen LogP contribution >= 0.6 is 11.3 Å². The second kappa shape index (κ2) is 4.59. The summed E-state index contributed by atoms with van der Waals surface area (Å²) in [7, 11) is 0. The van der Waals surface area contributed by atoms with E-state index >= 15 is 0 Å². The predicted molar refractivity (Wildman–Crippen MR) is 60.8 cm³/mol. The van der Waals surface area contributed by atoms with Gasteiger partial charge in [-0.2, -0.15) is 0 Å². The summed E-state index contributed by atoms with van der Waals surface area (Å²) in [6.45, 7) is 5.00. The zero-order chi connectivity index (χ0) is 10.7. The third-order valence-corrected chi connectivity index (χ3v) is 3.44. The number of rotatable bonds is 4. The van der Waals surface area contributed by atoms with Crippen LogP contribution in [0.2, 0.25) is 0 Å². The third kappa shape index (κ3) is 2.67. The molecule has 80 valence electrons. The lowest BCUT2D eigenvalue weighted by Crippen LogP contribution is -2.16. The maximum atomic E-state index is 5.15. The van der Waals surface area contributed by atoms with Crippen molar-refractivity contribution in [2.45, 2.75) is 26.4 Å². The first kappa shape index (κ1) is 10.4. The average molecular weight is 222 g/mol. The third-order valence-electron chi connectivity index (χ3n) is 2.25. The Balaban J connectivity index is 1.90. The molecule has 3 nitrogen and oxygen atoms in total. The lowest BCUT2D eigenvalue weighted by molar-refractivity contribution is 0.459. The number of hydrogen-bond acceptors (Lipinski definition) is 4. The lowest BCUT2D eigenvalue weighted by atomic mass is 10.2. The SMILES string of the molecule is Cc1ccc(C(C)NCc2cnco2)s1. The molecular formula is C11H14N2OS. The Labute approximate surface area is 93.2 Å². The first-order chi connectivity index (χ1) is 7.25. The van der Waals surface area contributed by atoms with E-state index in [1.807, 2.05) is 11.3 Å². The van der Waals surface area contributed by atoms with Crippen LogP contribution in [0, 0.1) is 6.92 Å². The Bertz CT molecular complexity index is 408. The molecule has 0 spiro atoms. The van der Waals surface area contributed by atoms with E-state index in [0.717, 1.165) is 12.3 Å². The molecule has 0 aromatic carbocycles. The molecule has 0 saturated carbocycles. The minimum Gasteiger partial charge on any atom is -0.447 e. The van der Waals surface area contributed by atoms with Crippen molar-refractivity contribution in [1.29, 1.82) is 0 Å². The van der Waals surface area contributed by atoms with Crippen LogP contribution in [0.3, 0.4) is 0 Å². The first-order valence-electron chi connectivity index (χ1n) is 4.93.